The Labute approximate surface area is 149 Å². The number of hydrogen-bond donors (Lipinski definition) is 2. The molecule has 0 atom stereocenters. The van der Waals surface area contributed by atoms with E-state index < -0.39 is 0 Å². The average Bonchev–Trinajstić information content (AvgIpc) is 2.65. The number of carbonyl (C=O) groups is 1. The fourth-order valence-corrected chi connectivity index (χ4v) is 2.67. The summed E-state index contributed by atoms with van der Waals surface area (Å²) in [6.07, 6.45) is 1.64. The second-order valence-electron chi connectivity index (χ2n) is 6.88. The maximum absolute atomic E-state index is 12.6. The number of rotatable bonds is 7. The van der Waals surface area contributed by atoms with E-state index in [0.29, 0.717) is 17.7 Å². The molecular weight excluding hydrogens is 312 g/mol. The normalized spacial score (nSPS) is 11.0. The maximum Gasteiger partial charge on any atom is 0.251 e. The first-order chi connectivity index (χ1) is 12.0. The Balaban J connectivity index is 2.13. The molecule has 0 spiro atoms. The van der Waals surface area contributed by atoms with Crippen molar-refractivity contribution in [2.75, 3.05) is 13.2 Å². The number of benzene rings is 2. The Morgan fingerprint density at radius 1 is 1.12 bits per heavy atom. The molecule has 0 fully saturated rings. The van der Waals surface area contributed by atoms with Crippen molar-refractivity contribution in [1.29, 1.82) is 5.26 Å². The van der Waals surface area contributed by atoms with E-state index >= 15 is 0 Å². The summed E-state index contributed by atoms with van der Waals surface area (Å²) >= 11 is 0. The van der Waals surface area contributed by atoms with E-state index in [2.05, 4.69) is 11.4 Å². The largest absolute Gasteiger partial charge is 0.396 e. The molecule has 0 aliphatic carbocycles. The number of amides is 1. The third-order valence-electron chi connectivity index (χ3n) is 4.25. The maximum atomic E-state index is 12.6. The van der Waals surface area contributed by atoms with Crippen LogP contribution in [0.15, 0.2) is 48.5 Å². The van der Waals surface area contributed by atoms with Crippen molar-refractivity contribution in [3.05, 3.63) is 59.7 Å². The number of aliphatic hydroxyl groups excluding tert-OH is 1. The van der Waals surface area contributed by atoms with Crippen LogP contribution in [0.4, 0.5) is 0 Å². The highest BCUT2D eigenvalue weighted by atomic mass is 16.3. The Hall–Kier alpha value is -2.64. The van der Waals surface area contributed by atoms with Crippen LogP contribution in [0.2, 0.25) is 0 Å². The van der Waals surface area contributed by atoms with Crippen molar-refractivity contribution in [3.63, 3.8) is 0 Å². The van der Waals surface area contributed by atoms with Gasteiger partial charge in [0.05, 0.1) is 11.6 Å². The van der Waals surface area contributed by atoms with E-state index in [4.69, 9.17) is 0 Å². The lowest BCUT2D eigenvalue weighted by Crippen LogP contribution is -2.26. The zero-order valence-electron chi connectivity index (χ0n) is 14.7. The second kappa shape index (κ2) is 8.46. The molecule has 2 rings (SSSR count). The molecule has 25 heavy (non-hydrogen) atoms. The van der Waals surface area contributed by atoms with Gasteiger partial charge >= 0.3 is 0 Å². The summed E-state index contributed by atoms with van der Waals surface area (Å²) in [6.45, 7) is 4.69. The molecule has 0 aliphatic rings. The third kappa shape index (κ3) is 4.91. The number of nitrogens with one attached hydrogen (secondary N) is 1. The van der Waals surface area contributed by atoms with Gasteiger partial charge in [-0.15, -0.1) is 0 Å². The van der Waals surface area contributed by atoms with Gasteiger partial charge < -0.3 is 10.4 Å². The second-order valence-corrected chi connectivity index (χ2v) is 6.88. The quantitative estimate of drug-likeness (QED) is 0.756. The summed E-state index contributed by atoms with van der Waals surface area (Å²) in [5, 5.41) is 21.5. The molecule has 2 aromatic rings. The van der Waals surface area contributed by atoms with Crippen LogP contribution in [0.1, 0.15) is 42.6 Å². The van der Waals surface area contributed by atoms with Gasteiger partial charge in [-0.05, 0) is 36.0 Å². The number of nitriles is 1. The Bertz CT molecular complexity index is 775. The fourth-order valence-electron chi connectivity index (χ4n) is 2.67. The summed E-state index contributed by atoms with van der Waals surface area (Å²) in [6, 6.07) is 16.8. The minimum atomic E-state index is -0.148. The molecular formula is C21H24N2O2. The van der Waals surface area contributed by atoms with E-state index in [1.54, 1.807) is 12.1 Å². The minimum absolute atomic E-state index is 0.131. The zero-order valence-corrected chi connectivity index (χ0v) is 14.7. The van der Waals surface area contributed by atoms with E-state index in [1.165, 1.54) is 0 Å². The van der Waals surface area contributed by atoms with Crippen molar-refractivity contribution in [1.82, 2.24) is 5.32 Å². The molecule has 1 amide bonds. The van der Waals surface area contributed by atoms with Crippen LogP contribution in [0, 0.1) is 16.7 Å². The van der Waals surface area contributed by atoms with Crippen molar-refractivity contribution < 1.29 is 9.90 Å². The number of nitrogens with zero attached hydrogens (tertiary/aromatic N) is 1. The molecule has 0 bridgehead atoms. The van der Waals surface area contributed by atoms with Crippen LogP contribution < -0.4 is 5.32 Å². The average molecular weight is 336 g/mol. The molecule has 2 aromatic carbocycles. The molecule has 0 unspecified atom stereocenters. The first-order valence-corrected chi connectivity index (χ1v) is 8.46. The third-order valence-corrected chi connectivity index (χ3v) is 4.25. The summed E-state index contributed by atoms with van der Waals surface area (Å²) in [7, 11) is 0. The van der Waals surface area contributed by atoms with Crippen LogP contribution in [-0.4, -0.2) is 24.2 Å². The van der Waals surface area contributed by atoms with E-state index in [0.717, 1.165) is 24.0 Å². The standard InChI is InChI=1S/C21H24N2O2/c1-21(2,15-24)12-7-13-23-20(25)19-11-6-5-10-18(19)17-9-4-3-8-16(17)14-22/h3-6,8-11,24H,7,12-13,15H2,1-2H3,(H,23,25). The molecule has 0 aliphatic heterocycles. The molecule has 130 valence electrons. The smallest absolute Gasteiger partial charge is 0.251 e. The topological polar surface area (TPSA) is 73.1 Å². The van der Waals surface area contributed by atoms with Gasteiger partial charge in [-0.25, -0.2) is 0 Å². The van der Waals surface area contributed by atoms with Crippen molar-refractivity contribution in [2.24, 2.45) is 5.41 Å². The summed E-state index contributed by atoms with van der Waals surface area (Å²) in [4.78, 5) is 12.6. The molecule has 0 heterocycles. The van der Waals surface area contributed by atoms with Gasteiger partial charge in [-0.2, -0.15) is 5.26 Å². The Morgan fingerprint density at radius 3 is 2.44 bits per heavy atom. The lowest BCUT2D eigenvalue weighted by Gasteiger charge is -2.21. The van der Waals surface area contributed by atoms with Gasteiger partial charge in [0, 0.05) is 24.3 Å². The van der Waals surface area contributed by atoms with Crippen LogP contribution in [0.5, 0.6) is 0 Å². The number of carbonyl (C=O) groups excluding carboxylic acids is 1. The molecule has 0 aromatic heterocycles. The van der Waals surface area contributed by atoms with E-state index in [9.17, 15) is 15.2 Å². The molecule has 0 saturated carbocycles. The highest BCUT2D eigenvalue weighted by molar-refractivity contribution is 6.01. The SMILES string of the molecule is CC(C)(CO)CCCNC(=O)c1ccccc1-c1ccccc1C#N. The summed E-state index contributed by atoms with van der Waals surface area (Å²) < 4.78 is 0. The first kappa shape index (κ1) is 18.7. The van der Waals surface area contributed by atoms with Gasteiger partial charge in [0.15, 0.2) is 0 Å². The van der Waals surface area contributed by atoms with Gasteiger partial charge in [-0.1, -0.05) is 50.2 Å². The minimum Gasteiger partial charge on any atom is -0.396 e. The highest BCUT2D eigenvalue weighted by Crippen LogP contribution is 2.27. The lowest BCUT2D eigenvalue weighted by atomic mass is 9.89. The Morgan fingerprint density at radius 2 is 1.76 bits per heavy atom. The van der Waals surface area contributed by atoms with E-state index in [-0.39, 0.29) is 17.9 Å². The van der Waals surface area contributed by atoms with Crippen molar-refractivity contribution in [3.8, 4) is 17.2 Å². The predicted octanol–water partition coefficient (Wildman–Crippen LogP) is 3.75. The molecule has 2 N–H and O–H groups in total. The van der Waals surface area contributed by atoms with Crippen molar-refractivity contribution >= 4 is 5.91 Å². The van der Waals surface area contributed by atoms with Crippen LogP contribution in [0.3, 0.4) is 0 Å². The van der Waals surface area contributed by atoms with Crippen LogP contribution in [-0.2, 0) is 0 Å². The molecule has 4 nitrogen and oxygen atoms in total. The molecule has 4 heteroatoms. The predicted molar refractivity (Wildman–Crippen MR) is 99.0 cm³/mol. The number of hydrogen-bond acceptors (Lipinski definition) is 3. The number of aliphatic hydroxyl groups is 1. The monoisotopic (exact) mass is 336 g/mol. The lowest BCUT2D eigenvalue weighted by molar-refractivity contribution is 0.0949. The molecule has 0 radical (unpaired) electrons. The Kier molecular flexibility index (Phi) is 6.32. The van der Waals surface area contributed by atoms with Gasteiger partial charge in [0.2, 0.25) is 0 Å². The summed E-state index contributed by atoms with van der Waals surface area (Å²) in [5.74, 6) is -0.148. The van der Waals surface area contributed by atoms with Crippen LogP contribution in [0.25, 0.3) is 11.1 Å². The first-order valence-electron chi connectivity index (χ1n) is 8.46. The van der Waals surface area contributed by atoms with Crippen molar-refractivity contribution in [2.45, 2.75) is 26.7 Å². The summed E-state index contributed by atoms with van der Waals surface area (Å²) in [5.41, 5.74) is 2.50. The molecule has 0 saturated heterocycles. The highest BCUT2D eigenvalue weighted by Gasteiger charge is 2.17. The van der Waals surface area contributed by atoms with E-state index in [1.807, 2.05) is 50.2 Å². The zero-order chi connectivity index (χ0) is 18.3. The fraction of sp³-hybridized carbons (Fsp3) is 0.333. The van der Waals surface area contributed by atoms with Gasteiger partial charge in [-0.3, -0.25) is 4.79 Å². The van der Waals surface area contributed by atoms with Gasteiger partial charge in [0.1, 0.15) is 0 Å². The van der Waals surface area contributed by atoms with Crippen LogP contribution >= 0.6 is 0 Å². The van der Waals surface area contributed by atoms with Gasteiger partial charge in [0.25, 0.3) is 5.91 Å².